The number of alkyl halides is 3. The molecule has 19 heavy (non-hydrogen) atoms. The van der Waals surface area contributed by atoms with Gasteiger partial charge in [0.2, 0.25) is 0 Å². The Balaban J connectivity index is 3.00. The Morgan fingerprint density at radius 3 is 2.26 bits per heavy atom. The number of nitrogens with one attached hydrogen (secondary N) is 1. The fourth-order valence-corrected chi connectivity index (χ4v) is 2.24. The molecule has 1 rings (SSSR count). The molecule has 0 aliphatic carbocycles. The van der Waals surface area contributed by atoms with E-state index < -0.39 is 28.3 Å². The van der Waals surface area contributed by atoms with E-state index in [9.17, 15) is 17.7 Å². The molecule has 1 aromatic rings. The molecule has 0 saturated carbocycles. The van der Waals surface area contributed by atoms with E-state index in [1.54, 1.807) is 20.8 Å². The van der Waals surface area contributed by atoms with Crippen molar-refractivity contribution in [3.8, 4) is 0 Å². The lowest BCUT2D eigenvalue weighted by Crippen LogP contribution is -2.45. The first-order valence-corrected chi connectivity index (χ1v) is 7.32. The zero-order valence-electron chi connectivity index (χ0n) is 10.6. The summed E-state index contributed by atoms with van der Waals surface area (Å²) >= 11 is 1.23. The molecule has 0 fully saturated rings. The van der Waals surface area contributed by atoms with Gasteiger partial charge in [0.05, 0.1) is 0 Å². The summed E-state index contributed by atoms with van der Waals surface area (Å²) in [5.74, 6) is 0. The molecule has 0 aliphatic heterocycles. The second-order valence-corrected chi connectivity index (χ2v) is 7.70. The van der Waals surface area contributed by atoms with E-state index >= 15 is 0 Å². The van der Waals surface area contributed by atoms with Crippen LogP contribution in [-0.2, 0) is 11.4 Å². The molecule has 2 atom stereocenters. The van der Waals surface area contributed by atoms with Crippen LogP contribution in [0.4, 0.5) is 13.2 Å². The Morgan fingerprint density at radius 2 is 1.89 bits per heavy atom. The maximum atomic E-state index is 13.0. The fraction of sp³-hybridized carbons (Fsp3) is 0.545. The van der Waals surface area contributed by atoms with Crippen molar-refractivity contribution in [3.63, 3.8) is 0 Å². The van der Waals surface area contributed by atoms with Gasteiger partial charge in [-0.1, -0.05) is 6.07 Å². The van der Waals surface area contributed by atoms with Gasteiger partial charge in [-0.3, -0.25) is 0 Å². The van der Waals surface area contributed by atoms with Gasteiger partial charge in [0.1, 0.15) is 9.35 Å². The molecule has 1 aromatic heterocycles. The molecular formula is C11H14BrF3N2OS. The highest BCUT2D eigenvalue weighted by Gasteiger charge is 2.45. The van der Waals surface area contributed by atoms with E-state index in [2.05, 4.69) is 25.6 Å². The molecule has 0 amide bonds. The highest BCUT2D eigenvalue weighted by molar-refractivity contribution is 9.10. The van der Waals surface area contributed by atoms with Gasteiger partial charge in [-0.2, -0.15) is 13.2 Å². The molecule has 8 heteroatoms. The van der Waals surface area contributed by atoms with Crippen LogP contribution < -0.4 is 4.72 Å². The number of hydrogen-bond acceptors (Lipinski definition) is 3. The minimum absolute atomic E-state index is 0.0756. The Kier molecular flexibility index (Phi) is 5.28. The van der Waals surface area contributed by atoms with E-state index in [-0.39, 0.29) is 5.56 Å². The third kappa shape index (κ3) is 4.94. The first-order chi connectivity index (χ1) is 8.51. The molecule has 0 spiro atoms. The molecule has 1 unspecified atom stereocenters. The van der Waals surface area contributed by atoms with Crippen molar-refractivity contribution in [2.75, 3.05) is 0 Å². The van der Waals surface area contributed by atoms with Crippen LogP contribution in [0.1, 0.15) is 32.4 Å². The molecule has 0 aliphatic rings. The summed E-state index contributed by atoms with van der Waals surface area (Å²) in [5, 5.41) is 0. The van der Waals surface area contributed by atoms with Crippen LogP contribution in [0.25, 0.3) is 0 Å². The zero-order chi connectivity index (χ0) is 14.8. The lowest BCUT2D eigenvalue weighted by molar-refractivity contribution is -0.153. The van der Waals surface area contributed by atoms with Crippen LogP contribution in [0.5, 0.6) is 0 Å². The van der Waals surface area contributed by atoms with Gasteiger partial charge in [-0.05, 0) is 42.8 Å². The van der Waals surface area contributed by atoms with Crippen molar-refractivity contribution in [1.82, 2.24) is 9.71 Å². The lowest BCUT2D eigenvalue weighted by Gasteiger charge is -2.29. The first-order valence-electron chi connectivity index (χ1n) is 5.38. The van der Waals surface area contributed by atoms with Crippen LogP contribution >= 0.6 is 15.9 Å². The Labute approximate surface area is 121 Å². The Bertz CT molecular complexity index is 419. The van der Waals surface area contributed by atoms with Crippen LogP contribution in [-0.4, -0.2) is 20.5 Å². The summed E-state index contributed by atoms with van der Waals surface area (Å²) < 4.78 is 52.7. The SMILES string of the molecule is CC(C)(C)[S+]([O-])N[C@H](c1ccc(Br)nc1)C(F)(F)F. The van der Waals surface area contributed by atoms with Crippen LogP contribution in [0.2, 0.25) is 0 Å². The summed E-state index contributed by atoms with van der Waals surface area (Å²) in [6.07, 6.45) is -3.44. The lowest BCUT2D eigenvalue weighted by atomic mass is 10.1. The summed E-state index contributed by atoms with van der Waals surface area (Å²) in [5.41, 5.74) is -0.0756. The topological polar surface area (TPSA) is 48.0 Å². The Morgan fingerprint density at radius 1 is 1.32 bits per heavy atom. The molecular weight excluding hydrogens is 345 g/mol. The predicted octanol–water partition coefficient (Wildman–Crippen LogP) is 3.50. The average Bonchev–Trinajstić information content (AvgIpc) is 2.24. The summed E-state index contributed by atoms with van der Waals surface area (Å²) in [6.45, 7) is 4.80. The van der Waals surface area contributed by atoms with Gasteiger partial charge in [-0.15, -0.1) is 4.72 Å². The number of aromatic nitrogens is 1. The number of pyridine rings is 1. The average molecular weight is 359 g/mol. The molecule has 0 radical (unpaired) electrons. The van der Waals surface area contributed by atoms with Gasteiger partial charge in [0.15, 0.2) is 6.04 Å². The highest BCUT2D eigenvalue weighted by Crippen LogP contribution is 2.34. The third-order valence-electron chi connectivity index (χ3n) is 2.19. The van der Waals surface area contributed by atoms with Crippen molar-refractivity contribution in [1.29, 1.82) is 0 Å². The van der Waals surface area contributed by atoms with E-state index in [1.807, 2.05) is 0 Å². The molecule has 0 saturated heterocycles. The first kappa shape index (κ1) is 16.7. The van der Waals surface area contributed by atoms with Gasteiger partial charge < -0.3 is 4.55 Å². The fourth-order valence-electron chi connectivity index (χ4n) is 1.17. The monoisotopic (exact) mass is 358 g/mol. The minimum Gasteiger partial charge on any atom is -0.598 e. The van der Waals surface area contributed by atoms with Gasteiger partial charge >= 0.3 is 6.18 Å². The van der Waals surface area contributed by atoms with E-state index in [0.29, 0.717) is 4.60 Å². The van der Waals surface area contributed by atoms with Gasteiger partial charge in [-0.25, -0.2) is 4.98 Å². The van der Waals surface area contributed by atoms with E-state index in [0.717, 1.165) is 6.20 Å². The second kappa shape index (κ2) is 5.99. The normalized spacial score (nSPS) is 16.2. The molecule has 1 heterocycles. The van der Waals surface area contributed by atoms with Crippen molar-refractivity contribution in [2.45, 2.75) is 37.7 Å². The molecule has 0 aromatic carbocycles. The smallest absolute Gasteiger partial charge is 0.412 e. The molecule has 1 N–H and O–H groups in total. The largest absolute Gasteiger partial charge is 0.598 e. The van der Waals surface area contributed by atoms with E-state index in [1.165, 1.54) is 12.1 Å². The zero-order valence-corrected chi connectivity index (χ0v) is 13.0. The van der Waals surface area contributed by atoms with Crippen molar-refractivity contribution < 1.29 is 17.7 Å². The van der Waals surface area contributed by atoms with Crippen LogP contribution in [0, 0.1) is 0 Å². The Hall–Kier alpha value is -0.310. The molecule has 108 valence electrons. The quantitative estimate of drug-likeness (QED) is 0.664. The van der Waals surface area contributed by atoms with Crippen molar-refractivity contribution >= 4 is 27.3 Å². The van der Waals surface area contributed by atoms with Crippen molar-refractivity contribution in [2.24, 2.45) is 0 Å². The van der Waals surface area contributed by atoms with Crippen LogP contribution in [0.3, 0.4) is 0 Å². The second-order valence-electron chi connectivity index (χ2n) is 4.89. The van der Waals surface area contributed by atoms with Crippen molar-refractivity contribution in [3.05, 3.63) is 28.5 Å². The van der Waals surface area contributed by atoms with Crippen LogP contribution in [0.15, 0.2) is 22.9 Å². The molecule has 0 bridgehead atoms. The standard InChI is InChI=1S/C11H14BrF3N2OS/c1-10(2,3)19(18)17-9(11(13,14)15)7-4-5-8(12)16-6-7/h4-6,9,17H,1-3H3/t9-,19?/m1/s1. The maximum Gasteiger partial charge on any atom is 0.412 e. The number of halogens is 4. The maximum absolute atomic E-state index is 13.0. The van der Waals surface area contributed by atoms with E-state index in [4.69, 9.17) is 0 Å². The third-order valence-corrected chi connectivity index (χ3v) is 4.22. The van der Waals surface area contributed by atoms with Gasteiger partial charge in [0, 0.05) is 23.1 Å². The highest BCUT2D eigenvalue weighted by atomic mass is 79.9. The summed E-state index contributed by atoms with van der Waals surface area (Å²) in [7, 11) is 0. The number of rotatable bonds is 3. The predicted molar refractivity (Wildman–Crippen MR) is 71.8 cm³/mol. The minimum atomic E-state index is -4.55. The number of nitrogens with zero attached hydrogens (tertiary/aromatic N) is 1. The molecule has 3 nitrogen and oxygen atoms in total. The summed E-state index contributed by atoms with van der Waals surface area (Å²) in [4.78, 5) is 3.76. The number of hydrogen-bond donors (Lipinski definition) is 1. The summed E-state index contributed by atoms with van der Waals surface area (Å²) in [6, 6.07) is 0.700. The van der Waals surface area contributed by atoms with Gasteiger partial charge in [0.25, 0.3) is 0 Å².